The lowest BCUT2D eigenvalue weighted by atomic mass is 10.2. The molecular weight excluding hydrogens is 376 g/mol. The summed E-state index contributed by atoms with van der Waals surface area (Å²) in [6, 6.07) is 10.3. The molecule has 0 spiro atoms. The molecule has 0 N–H and O–H groups in total. The third-order valence-corrected chi connectivity index (χ3v) is 6.28. The monoisotopic (exact) mass is 389 g/mol. The highest BCUT2D eigenvalue weighted by atomic mass is 35.5. The van der Waals surface area contributed by atoms with E-state index >= 15 is 0 Å². The van der Waals surface area contributed by atoms with E-state index in [-0.39, 0.29) is 41.5 Å². The van der Waals surface area contributed by atoms with E-state index in [0.29, 0.717) is 10.6 Å². The van der Waals surface area contributed by atoms with E-state index in [0.717, 1.165) is 0 Å². The van der Waals surface area contributed by atoms with Crippen molar-refractivity contribution in [1.82, 2.24) is 4.31 Å². The Morgan fingerprint density at radius 3 is 2.54 bits per heavy atom. The maximum absolute atomic E-state index is 13.1. The summed E-state index contributed by atoms with van der Waals surface area (Å²) in [5, 5.41) is 0.493. The van der Waals surface area contributed by atoms with Crippen LogP contribution in [0.3, 0.4) is 0 Å². The molecule has 128 valence electrons. The first kappa shape index (κ1) is 17.6. The van der Waals surface area contributed by atoms with Gasteiger partial charge in [0.1, 0.15) is 5.82 Å². The van der Waals surface area contributed by atoms with Gasteiger partial charge in [0.15, 0.2) is 0 Å². The summed E-state index contributed by atoms with van der Waals surface area (Å²) in [7, 11) is -3.61. The minimum atomic E-state index is -3.61. The van der Waals surface area contributed by atoms with Crippen LogP contribution in [0.1, 0.15) is 5.56 Å². The van der Waals surface area contributed by atoms with E-state index in [1.54, 1.807) is 12.1 Å². The summed E-state index contributed by atoms with van der Waals surface area (Å²) >= 11 is 11.7. The van der Waals surface area contributed by atoms with Gasteiger partial charge in [0, 0.05) is 13.1 Å². The third-order valence-electron chi connectivity index (χ3n) is 3.72. The number of hydrogen-bond acceptors (Lipinski definition) is 3. The van der Waals surface area contributed by atoms with Crippen LogP contribution in [-0.2, 0) is 21.4 Å². The predicted octanol–water partition coefficient (Wildman–Crippen LogP) is 3.72. The molecule has 0 aliphatic carbocycles. The van der Waals surface area contributed by atoms with E-state index in [1.807, 2.05) is 0 Å². The SMILES string of the molecule is O=S(=O)(c1ccc(Cl)c(Cl)c1)N1CC(OCc2cccc(F)c2)C1. The molecule has 1 aliphatic heterocycles. The normalized spacial score (nSPS) is 16.1. The van der Waals surface area contributed by atoms with Crippen LogP contribution in [0.5, 0.6) is 0 Å². The van der Waals surface area contributed by atoms with E-state index < -0.39 is 10.0 Å². The fourth-order valence-electron chi connectivity index (χ4n) is 2.33. The quantitative estimate of drug-likeness (QED) is 0.782. The molecule has 1 heterocycles. The van der Waals surface area contributed by atoms with Crippen LogP contribution in [0, 0.1) is 5.82 Å². The maximum atomic E-state index is 13.1. The molecule has 1 saturated heterocycles. The van der Waals surface area contributed by atoms with Crippen molar-refractivity contribution in [2.45, 2.75) is 17.6 Å². The molecule has 0 unspecified atom stereocenters. The zero-order valence-electron chi connectivity index (χ0n) is 12.5. The van der Waals surface area contributed by atoms with Crippen molar-refractivity contribution in [3.8, 4) is 0 Å². The van der Waals surface area contributed by atoms with Crippen LogP contribution in [0.4, 0.5) is 4.39 Å². The van der Waals surface area contributed by atoms with E-state index in [1.165, 1.54) is 34.6 Å². The molecule has 0 bridgehead atoms. The lowest BCUT2D eigenvalue weighted by Crippen LogP contribution is -2.54. The Morgan fingerprint density at radius 1 is 1.12 bits per heavy atom. The van der Waals surface area contributed by atoms with Crippen molar-refractivity contribution in [1.29, 1.82) is 0 Å². The highest BCUT2D eigenvalue weighted by Crippen LogP contribution is 2.29. The molecule has 1 fully saturated rings. The number of hydrogen-bond donors (Lipinski definition) is 0. The summed E-state index contributed by atoms with van der Waals surface area (Å²) in [6.07, 6.45) is -0.217. The lowest BCUT2D eigenvalue weighted by molar-refractivity contribution is -0.0296. The second kappa shape index (κ2) is 6.98. The van der Waals surface area contributed by atoms with Crippen LogP contribution in [0.15, 0.2) is 47.4 Å². The smallest absolute Gasteiger partial charge is 0.243 e. The van der Waals surface area contributed by atoms with Crippen LogP contribution in [-0.4, -0.2) is 31.9 Å². The Morgan fingerprint density at radius 2 is 1.88 bits per heavy atom. The van der Waals surface area contributed by atoms with Crippen molar-refractivity contribution in [2.75, 3.05) is 13.1 Å². The summed E-state index contributed by atoms with van der Waals surface area (Å²) in [6.45, 7) is 0.735. The van der Waals surface area contributed by atoms with Gasteiger partial charge < -0.3 is 4.74 Å². The molecule has 3 rings (SSSR count). The van der Waals surface area contributed by atoms with Crippen molar-refractivity contribution in [2.24, 2.45) is 0 Å². The lowest BCUT2D eigenvalue weighted by Gasteiger charge is -2.37. The second-order valence-electron chi connectivity index (χ2n) is 5.46. The predicted molar refractivity (Wildman–Crippen MR) is 90.2 cm³/mol. The van der Waals surface area contributed by atoms with Gasteiger partial charge in [-0.3, -0.25) is 0 Å². The highest BCUT2D eigenvalue weighted by Gasteiger charge is 2.37. The summed E-state index contributed by atoms with van der Waals surface area (Å²) in [5.41, 5.74) is 0.709. The number of ether oxygens (including phenoxy) is 1. The molecule has 2 aromatic rings. The van der Waals surface area contributed by atoms with Gasteiger partial charge in [0.25, 0.3) is 0 Å². The standard InChI is InChI=1S/C16H14Cl2FNO3S/c17-15-5-4-14(7-16(15)18)24(21,22)20-8-13(9-20)23-10-11-2-1-3-12(19)6-11/h1-7,13H,8-10H2. The van der Waals surface area contributed by atoms with Crippen molar-refractivity contribution in [3.05, 3.63) is 63.9 Å². The first-order valence-electron chi connectivity index (χ1n) is 7.17. The Kier molecular flexibility index (Phi) is 5.13. The minimum Gasteiger partial charge on any atom is -0.371 e. The number of benzene rings is 2. The Hall–Kier alpha value is -1.18. The molecule has 8 heteroatoms. The van der Waals surface area contributed by atoms with Crippen molar-refractivity contribution in [3.63, 3.8) is 0 Å². The molecule has 1 aliphatic rings. The number of rotatable bonds is 5. The molecule has 0 radical (unpaired) electrons. The van der Waals surface area contributed by atoms with Crippen LogP contribution in [0.25, 0.3) is 0 Å². The van der Waals surface area contributed by atoms with Gasteiger partial charge >= 0.3 is 0 Å². The fraction of sp³-hybridized carbons (Fsp3) is 0.250. The highest BCUT2D eigenvalue weighted by molar-refractivity contribution is 7.89. The van der Waals surface area contributed by atoms with Gasteiger partial charge in [-0.05, 0) is 35.9 Å². The summed E-state index contributed by atoms with van der Waals surface area (Å²) in [4.78, 5) is 0.0977. The van der Waals surface area contributed by atoms with E-state index in [4.69, 9.17) is 27.9 Å². The van der Waals surface area contributed by atoms with Gasteiger partial charge in [-0.25, -0.2) is 12.8 Å². The molecule has 4 nitrogen and oxygen atoms in total. The molecular formula is C16H14Cl2FNO3S. The average Bonchev–Trinajstić information content (AvgIpc) is 2.48. The van der Waals surface area contributed by atoms with Crippen LogP contribution < -0.4 is 0 Å². The summed E-state index contributed by atoms with van der Waals surface area (Å²) < 4.78 is 44.9. The molecule has 24 heavy (non-hydrogen) atoms. The zero-order chi connectivity index (χ0) is 17.3. The number of sulfonamides is 1. The van der Waals surface area contributed by atoms with E-state index in [9.17, 15) is 12.8 Å². The van der Waals surface area contributed by atoms with Gasteiger partial charge in [0.2, 0.25) is 10.0 Å². The van der Waals surface area contributed by atoms with Gasteiger partial charge in [-0.2, -0.15) is 4.31 Å². The van der Waals surface area contributed by atoms with Crippen LogP contribution >= 0.6 is 23.2 Å². The number of halogens is 3. The molecule has 0 saturated carbocycles. The Bertz CT molecular complexity index is 854. The largest absolute Gasteiger partial charge is 0.371 e. The van der Waals surface area contributed by atoms with Gasteiger partial charge in [-0.1, -0.05) is 35.3 Å². The molecule has 0 atom stereocenters. The second-order valence-corrected chi connectivity index (χ2v) is 8.21. The van der Waals surface area contributed by atoms with Crippen LogP contribution in [0.2, 0.25) is 10.0 Å². The fourth-order valence-corrected chi connectivity index (χ4v) is 4.22. The molecule has 0 aromatic heterocycles. The molecule has 0 amide bonds. The number of nitrogens with zero attached hydrogens (tertiary/aromatic N) is 1. The van der Waals surface area contributed by atoms with Gasteiger partial charge in [-0.15, -0.1) is 0 Å². The summed E-state index contributed by atoms with van der Waals surface area (Å²) in [5.74, 6) is -0.325. The first-order valence-corrected chi connectivity index (χ1v) is 9.37. The first-order chi connectivity index (χ1) is 11.4. The van der Waals surface area contributed by atoms with Gasteiger partial charge in [0.05, 0.1) is 27.7 Å². The minimum absolute atomic E-state index is 0.0977. The third kappa shape index (κ3) is 3.73. The maximum Gasteiger partial charge on any atom is 0.243 e. The average molecular weight is 390 g/mol. The van der Waals surface area contributed by atoms with Crippen molar-refractivity contribution < 1.29 is 17.5 Å². The topological polar surface area (TPSA) is 46.6 Å². The van der Waals surface area contributed by atoms with E-state index in [2.05, 4.69) is 0 Å². The Balaban J connectivity index is 1.58. The molecule has 2 aromatic carbocycles. The zero-order valence-corrected chi connectivity index (χ0v) is 14.8. The van der Waals surface area contributed by atoms with Crippen molar-refractivity contribution >= 4 is 33.2 Å². The Labute approximate surface area is 149 Å².